The molecule has 2 aromatic carbocycles. The summed E-state index contributed by atoms with van der Waals surface area (Å²) in [5, 5.41) is 2.49. The summed E-state index contributed by atoms with van der Waals surface area (Å²) in [6.07, 6.45) is 0. The monoisotopic (exact) mass is 262 g/mol. The van der Waals surface area contributed by atoms with E-state index in [1.807, 2.05) is 0 Å². The van der Waals surface area contributed by atoms with Crippen LogP contribution in [0.5, 0.6) is 0 Å². The maximum Gasteiger partial charge on any atom is 0.258 e. The van der Waals surface area contributed by atoms with Gasteiger partial charge in [0.25, 0.3) is 5.91 Å². The molecule has 0 saturated carbocycles. The summed E-state index contributed by atoms with van der Waals surface area (Å²) in [6, 6.07) is 10.3. The van der Waals surface area contributed by atoms with Crippen LogP contribution in [0, 0.1) is 11.6 Å². The molecule has 0 unspecified atom stereocenters. The van der Waals surface area contributed by atoms with Crippen molar-refractivity contribution in [2.75, 3.05) is 5.32 Å². The number of halogens is 2. The largest absolute Gasteiger partial charge is 0.326 e. The molecule has 2 aromatic rings. The van der Waals surface area contributed by atoms with Gasteiger partial charge in [-0.05, 0) is 29.8 Å². The minimum Gasteiger partial charge on any atom is -0.326 e. The molecular formula is C14H12F2N2O. The number of nitrogens with one attached hydrogen (secondary N) is 1. The van der Waals surface area contributed by atoms with Gasteiger partial charge >= 0.3 is 0 Å². The number of carbonyl (C=O) groups excluding carboxylic acids is 1. The first-order valence-electron chi connectivity index (χ1n) is 5.66. The fourth-order valence-electron chi connectivity index (χ4n) is 1.60. The third-order valence-electron chi connectivity index (χ3n) is 2.64. The Labute approximate surface area is 109 Å². The van der Waals surface area contributed by atoms with Crippen LogP contribution in [0.4, 0.5) is 14.5 Å². The van der Waals surface area contributed by atoms with E-state index in [-0.39, 0.29) is 5.56 Å². The summed E-state index contributed by atoms with van der Waals surface area (Å²) < 4.78 is 26.4. The second-order valence-corrected chi connectivity index (χ2v) is 3.96. The number of benzene rings is 2. The minimum absolute atomic E-state index is 0.331. The lowest BCUT2D eigenvalue weighted by molar-refractivity contribution is 0.102. The average Bonchev–Trinajstić information content (AvgIpc) is 2.42. The zero-order chi connectivity index (χ0) is 13.8. The molecule has 0 bridgehead atoms. The lowest BCUT2D eigenvalue weighted by Crippen LogP contribution is -2.14. The second-order valence-electron chi connectivity index (χ2n) is 3.96. The first-order valence-corrected chi connectivity index (χ1v) is 5.66. The van der Waals surface area contributed by atoms with Crippen LogP contribution >= 0.6 is 0 Å². The first-order chi connectivity index (χ1) is 9.11. The van der Waals surface area contributed by atoms with E-state index in [1.165, 1.54) is 12.1 Å². The predicted molar refractivity (Wildman–Crippen MR) is 68.6 cm³/mol. The molecular weight excluding hydrogens is 250 g/mol. The van der Waals surface area contributed by atoms with Crippen LogP contribution in [-0.4, -0.2) is 5.91 Å². The highest BCUT2D eigenvalue weighted by Crippen LogP contribution is 2.15. The van der Waals surface area contributed by atoms with Crippen LogP contribution < -0.4 is 11.1 Å². The standard InChI is InChI=1S/C14H12F2N2O/c15-12-3-1-2-11(13(12)16)14(19)18-10-6-4-9(8-17)5-7-10/h1-7H,8,17H2,(H,18,19). The van der Waals surface area contributed by atoms with E-state index >= 15 is 0 Å². The molecule has 5 heteroatoms. The van der Waals surface area contributed by atoms with Crippen molar-refractivity contribution in [3.05, 3.63) is 65.2 Å². The van der Waals surface area contributed by atoms with Crippen molar-refractivity contribution in [1.82, 2.24) is 0 Å². The molecule has 3 nitrogen and oxygen atoms in total. The van der Waals surface area contributed by atoms with E-state index in [9.17, 15) is 13.6 Å². The van der Waals surface area contributed by atoms with Crippen molar-refractivity contribution < 1.29 is 13.6 Å². The molecule has 0 atom stereocenters. The van der Waals surface area contributed by atoms with Gasteiger partial charge < -0.3 is 11.1 Å². The van der Waals surface area contributed by atoms with Gasteiger partial charge in [-0.3, -0.25) is 4.79 Å². The molecule has 3 N–H and O–H groups in total. The number of rotatable bonds is 3. The molecule has 0 aliphatic carbocycles. The van der Waals surface area contributed by atoms with Crippen molar-refractivity contribution in [3.8, 4) is 0 Å². The highest BCUT2D eigenvalue weighted by Gasteiger charge is 2.14. The number of anilines is 1. The quantitative estimate of drug-likeness (QED) is 0.893. The third-order valence-corrected chi connectivity index (χ3v) is 2.64. The van der Waals surface area contributed by atoms with E-state index in [0.29, 0.717) is 12.2 Å². The highest BCUT2D eigenvalue weighted by atomic mass is 19.2. The molecule has 0 fully saturated rings. The average molecular weight is 262 g/mol. The molecule has 0 aliphatic heterocycles. The molecule has 0 heterocycles. The first kappa shape index (κ1) is 13.2. The Bertz CT molecular complexity index is 597. The van der Waals surface area contributed by atoms with E-state index in [2.05, 4.69) is 5.32 Å². The Hall–Kier alpha value is -2.27. The Kier molecular flexibility index (Phi) is 3.87. The maximum absolute atomic E-state index is 13.4. The van der Waals surface area contributed by atoms with Gasteiger partial charge in [0.1, 0.15) is 0 Å². The summed E-state index contributed by atoms with van der Waals surface area (Å²) in [4.78, 5) is 11.8. The van der Waals surface area contributed by atoms with E-state index in [4.69, 9.17) is 5.73 Å². The molecule has 0 radical (unpaired) electrons. The zero-order valence-corrected chi connectivity index (χ0v) is 9.99. The molecule has 98 valence electrons. The topological polar surface area (TPSA) is 55.1 Å². The minimum atomic E-state index is -1.15. The lowest BCUT2D eigenvalue weighted by atomic mass is 10.1. The van der Waals surface area contributed by atoms with E-state index < -0.39 is 17.5 Å². The molecule has 0 spiro atoms. The van der Waals surface area contributed by atoms with Crippen molar-refractivity contribution in [3.63, 3.8) is 0 Å². The number of carbonyl (C=O) groups is 1. The van der Waals surface area contributed by atoms with E-state index in [1.54, 1.807) is 24.3 Å². The second kappa shape index (κ2) is 5.58. The number of nitrogens with two attached hydrogens (primary N) is 1. The Morgan fingerprint density at radius 2 is 1.79 bits per heavy atom. The number of hydrogen-bond acceptors (Lipinski definition) is 2. The predicted octanol–water partition coefficient (Wildman–Crippen LogP) is 2.68. The fourth-order valence-corrected chi connectivity index (χ4v) is 1.60. The number of amides is 1. The zero-order valence-electron chi connectivity index (χ0n) is 9.99. The van der Waals surface area contributed by atoms with Gasteiger partial charge in [-0.2, -0.15) is 0 Å². The summed E-state index contributed by atoms with van der Waals surface area (Å²) in [7, 11) is 0. The maximum atomic E-state index is 13.4. The number of hydrogen-bond donors (Lipinski definition) is 2. The molecule has 0 aliphatic rings. The summed E-state index contributed by atoms with van der Waals surface area (Å²) in [5.74, 6) is -2.90. The Balaban J connectivity index is 2.18. The van der Waals surface area contributed by atoms with Gasteiger partial charge in [-0.25, -0.2) is 8.78 Å². The van der Waals surface area contributed by atoms with Crippen LogP contribution in [-0.2, 0) is 6.54 Å². The Morgan fingerprint density at radius 3 is 2.42 bits per heavy atom. The van der Waals surface area contributed by atoms with Crippen molar-refractivity contribution in [1.29, 1.82) is 0 Å². The smallest absolute Gasteiger partial charge is 0.258 e. The van der Waals surface area contributed by atoms with Crippen molar-refractivity contribution in [2.24, 2.45) is 5.73 Å². The van der Waals surface area contributed by atoms with Gasteiger partial charge in [0.2, 0.25) is 0 Å². The lowest BCUT2D eigenvalue weighted by Gasteiger charge is -2.07. The molecule has 0 aromatic heterocycles. The van der Waals surface area contributed by atoms with Crippen LogP contribution in [0.1, 0.15) is 15.9 Å². The summed E-state index contributed by atoms with van der Waals surface area (Å²) in [5.41, 5.74) is 6.52. The third kappa shape index (κ3) is 2.95. The molecule has 2 rings (SSSR count). The van der Waals surface area contributed by atoms with E-state index in [0.717, 1.165) is 11.6 Å². The van der Waals surface area contributed by atoms with Crippen molar-refractivity contribution >= 4 is 11.6 Å². The summed E-state index contributed by atoms with van der Waals surface area (Å²) >= 11 is 0. The van der Waals surface area contributed by atoms with Gasteiger partial charge in [0.05, 0.1) is 5.56 Å². The molecule has 1 amide bonds. The van der Waals surface area contributed by atoms with Gasteiger partial charge in [0, 0.05) is 12.2 Å². The van der Waals surface area contributed by atoms with Crippen molar-refractivity contribution in [2.45, 2.75) is 6.54 Å². The van der Waals surface area contributed by atoms with Gasteiger partial charge in [-0.1, -0.05) is 18.2 Å². The van der Waals surface area contributed by atoms with Gasteiger partial charge in [0.15, 0.2) is 11.6 Å². The summed E-state index contributed by atoms with van der Waals surface area (Å²) in [6.45, 7) is 0.396. The van der Waals surface area contributed by atoms with Crippen LogP contribution in [0.15, 0.2) is 42.5 Å². The Morgan fingerprint density at radius 1 is 1.11 bits per heavy atom. The molecule has 19 heavy (non-hydrogen) atoms. The SMILES string of the molecule is NCc1ccc(NC(=O)c2cccc(F)c2F)cc1. The van der Waals surface area contributed by atoms with Crippen LogP contribution in [0.2, 0.25) is 0 Å². The van der Waals surface area contributed by atoms with Crippen LogP contribution in [0.25, 0.3) is 0 Å². The fraction of sp³-hybridized carbons (Fsp3) is 0.0714. The van der Waals surface area contributed by atoms with Crippen LogP contribution in [0.3, 0.4) is 0 Å². The highest BCUT2D eigenvalue weighted by molar-refractivity contribution is 6.04. The normalized spacial score (nSPS) is 10.3. The molecule has 0 saturated heterocycles. The van der Waals surface area contributed by atoms with Gasteiger partial charge in [-0.15, -0.1) is 0 Å².